The van der Waals surface area contributed by atoms with Crippen LogP contribution in [0.2, 0.25) is 0 Å². The van der Waals surface area contributed by atoms with Crippen molar-refractivity contribution in [2.75, 3.05) is 13.2 Å². The highest BCUT2D eigenvalue weighted by molar-refractivity contribution is 5.87. The van der Waals surface area contributed by atoms with Crippen molar-refractivity contribution in [2.45, 2.75) is 13.0 Å². The molecule has 4 heteroatoms. The number of rotatable bonds is 3. The molecule has 1 aliphatic rings. The van der Waals surface area contributed by atoms with Crippen molar-refractivity contribution in [3.63, 3.8) is 0 Å². The first kappa shape index (κ1) is 10.1. The molecule has 0 aliphatic carbocycles. The molecule has 1 saturated heterocycles. The van der Waals surface area contributed by atoms with Crippen molar-refractivity contribution in [1.29, 1.82) is 0 Å². The molecule has 0 radical (unpaired) electrons. The van der Waals surface area contributed by atoms with Crippen LogP contribution >= 0.6 is 0 Å². The molecule has 1 atom stereocenters. The summed E-state index contributed by atoms with van der Waals surface area (Å²) in [5.41, 5.74) is 0.351. The highest BCUT2D eigenvalue weighted by Crippen LogP contribution is 2.18. The molecule has 0 spiro atoms. The molecule has 0 aromatic carbocycles. The Labute approximate surface area is 88.2 Å². The molecule has 2 rings (SSSR count). The van der Waals surface area contributed by atoms with Gasteiger partial charge in [-0.15, -0.1) is 0 Å². The number of hydrogen-bond donors (Lipinski definition) is 0. The van der Waals surface area contributed by atoms with E-state index in [0.29, 0.717) is 24.8 Å². The van der Waals surface area contributed by atoms with Gasteiger partial charge in [-0.25, -0.2) is 9.78 Å². The van der Waals surface area contributed by atoms with Gasteiger partial charge in [0.2, 0.25) is 0 Å². The number of aromatic nitrogens is 1. The molecule has 1 aromatic rings. The topological polar surface area (TPSA) is 48.4 Å². The van der Waals surface area contributed by atoms with E-state index < -0.39 is 0 Å². The number of esters is 1. The number of carbonyl (C=O) groups excluding carboxylic acids is 1. The van der Waals surface area contributed by atoms with Crippen LogP contribution in [0.5, 0.6) is 0 Å². The number of ether oxygens (including phenoxy) is 2. The van der Waals surface area contributed by atoms with E-state index in [2.05, 4.69) is 4.98 Å². The van der Waals surface area contributed by atoms with E-state index in [1.165, 1.54) is 0 Å². The molecular weight excluding hydrogens is 194 g/mol. The van der Waals surface area contributed by atoms with Crippen molar-refractivity contribution in [3.05, 3.63) is 30.1 Å². The van der Waals surface area contributed by atoms with Crippen molar-refractivity contribution < 1.29 is 14.3 Å². The minimum Gasteiger partial charge on any atom is -0.457 e. The highest BCUT2D eigenvalue weighted by atomic mass is 16.6. The van der Waals surface area contributed by atoms with Gasteiger partial charge in [-0.2, -0.15) is 0 Å². The smallest absolute Gasteiger partial charge is 0.357 e. The lowest BCUT2D eigenvalue weighted by molar-refractivity contribution is -0.0911. The van der Waals surface area contributed by atoms with Crippen molar-refractivity contribution in [2.24, 2.45) is 5.92 Å². The molecular formula is C11H13NO3. The number of carbonyl (C=O) groups is 1. The SMILES string of the molecule is CC(OC(=O)c1ccccn1)C1COC1. The van der Waals surface area contributed by atoms with E-state index in [-0.39, 0.29) is 12.1 Å². The van der Waals surface area contributed by atoms with Crippen molar-refractivity contribution in [3.8, 4) is 0 Å². The summed E-state index contributed by atoms with van der Waals surface area (Å²) in [7, 11) is 0. The van der Waals surface area contributed by atoms with Gasteiger partial charge in [0.25, 0.3) is 0 Å². The van der Waals surface area contributed by atoms with E-state index in [1.807, 2.05) is 6.92 Å². The third-order valence-corrected chi connectivity index (χ3v) is 2.49. The zero-order valence-corrected chi connectivity index (χ0v) is 8.55. The summed E-state index contributed by atoms with van der Waals surface area (Å²) < 4.78 is 10.3. The second kappa shape index (κ2) is 4.40. The zero-order valence-electron chi connectivity index (χ0n) is 8.55. The average molecular weight is 207 g/mol. The van der Waals surface area contributed by atoms with Gasteiger partial charge in [0.05, 0.1) is 13.2 Å². The lowest BCUT2D eigenvalue weighted by atomic mass is 10.0. The Balaban J connectivity index is 1.91. The Bertz CT molecular complexity index is 335. The Kier molecular flexibility index (Phi) is 2.97. The molecule has 4 nitrogen and oxygen atoms in total. The standard InChI is InChI=1S/C11H13NO3/c1-8(9-6-14-7-9)15-11(13)10-4-2-3-5-12-10/h2-5,8-9H,6-7H2,1H3. The van der Waals surface area contributed by atoms with Crippen LogP contribution in [0.1, 0.15) is 17.4 Å². The molecule has 1 aromatic heterocycles. The molecule has 2 heterocycles. The minimum absolute atomic E-state index is 0.103. The third-order valence-electron chi connectivity index (χ3n) is 2.49. The van der Waals surface area contributed by atoms with E-state index in [9.17, 15) is 4.79 Å². The maximum absolute atomic E-state index is 11.6. The summed E-state index contributed by atoms with van der Waals surface area (Å²) in [6.45, 7) is 3.24. The molecule has 1 fully saturated rings. The van der Waals surface area contributed by atoms with Crippen LogP contribution in [0.25, 0.3) is 0 Å². The summed E-state index contributed by atoms with van der Waals surface area (Å²) in [5.74, 6) is -0.0346. The van der Waals surface area contributed by atoms with Gasteiger partial charge >= 0.3 is 5.97 Å². The van der Waals surface area contributed by atoms with Crippen molar-refractivity contribution in [1.82, 2.24) is 4.98 Å². The molecule has 0 bridgehead atoms. The van der Waals surface area contributed by atoms with E-state index in [1.54, 1.807) is 24.4 Å². The summed E-state index contributed by atoms with van der Waals surface area (Å²) >= 11 is 0. The Morgan fingerprint density at radius 2 is 2.40 bits per heavy atom. The summed E-state index contributed by atoms with van der Waals surface area (Å²) in [6.07, 6.45) is 1.47. The lowest BCUT2D eigenvalue weighted by Gasteiger charge is -2.30. The fraction of sp³-hybridized carbons (Fsp3) is 0.455. The van der Waals surface area contributed by atoms with E-state index >= 15 is 0 Å². The molecule has 15 heavy (non-hydrogen) atoms. The maximum Gasteiger partial charge on any atom is 0.357 e. The van der Waals surface area contributed by atoms with Crippen molar-refractivity contribution >= 4 is 5.97 Å². The van der Waals surface area contributed by atoms with E-state index in [0.717, 1.165) is 0 Å². The van der Waals surface area contributed by atoms with Gasteiger partial charge in [0, 0.05) is 12.1 Å². The van der Waals surface area contributed by atoms with Crippen LogP contribution in [0.15, 0.2) is 24.4 Å². The Hall–Kier alpha value is -1.42. The number of nitrogens with zero attached hydrogens (tertiary/aromatic N) is 1. The third kappa shape index (κ3) is 2.33. The van der Waals surface area contributed by atoms with Gasteiger partial charge in [0.15, 0.2) is 0 Å². The Morgan fingerprint density at radius 3 is 2.93 bits per heavy atom. The highest BCUT2D eigenvalue weighted by Gasteiger charge is 2.28. The van der Waals surface area contributed by atoms with Gasteiger partial charge in [-0.05, 0) is 19.1 Å². The monoisotopic (exact) mass is 207 g/mol. The van der Waals surface area contributed by atoms with E-state index in [4.69, 9.17) is 9.47 Å². The van der Waals surface area contributed by atoms with Crippen LogP contribution in [-0.4, -0.2) is 30.3 Å². The lowest BCUT2D eigenvalue weighted by Crippen LogP contribution is -2.38. The zero-order chi connectivity index (χ0) is 10.7. The second-order valence-corrected chi connectivity index (χ2v) is 3.62. The summed E-state index contributed by atoms with van der Waals surface area (Å²) in [5, 5.41) is 0. The molecule has 1 unspecified atom stereocenters. The second-order valence-electron chi connectivity index (χ2n) is 3.62. The fourth-order valence-electron chi connectivity index (χ4n) is 1.33. The predicted octanol–water partition coefficient (Wildman–Crippen LogP) is 1.27. The first-order valence-electron chi connectivity index (χ1n) is 4.97. The van der Waals surface area contributed by atoms with Gasteiger partial charge in [-0.1, -0.05) is 6.07 Å². The van der Waals surface area contributed by atoms with Crippen LogP contribution in [0, 0.1) is 5.92 Å². The largest absolute Gasteiger partial charge is 0.457 e. The first-order valence-corrected chi connectivity index (χ1v) is 4.97. The molecule has 0 amide bonds. The van der Waals surface area contributed by atoms with Gasteiger partial charge < -0.3 is 9.47 Å². The summed E-state index contributed by atoms with van der Waals surface area (Å²) in [4.78, 5) is 15.5. The normalized spacial score (nSPS) is 17.9. The average Bonchev–Trinajstić information content (AvgIpc) is 2.16. The first-order chi connectivity index (χ1) is 7.27. The molecule has 0 N–H and O–H groups in total. The number of pyridine rings is 1. The molecule has 0 saturated carbocycles. The number of hydrogen-bond acceptors (Lipinski definition) is 4. The quantitative estimate of drug-likeness (QED) is 0.700. The maximum atomic E-state index is 11.6. The van der Waals surface area contributed by atoms with Gasteiger partial charge in [0.1, 0.15) is 11.8 Å². The molecule has 1 aliphatic heterocycles. The van der Waals surface area contributed by atoms with Gasteiger partial charge in [-0.3, -0.25) is 0 Å². The van der Waals surface area contributed by atoms with Crippen LogP contribution in [-0.2, 0) is 9.47 Å². The predicted molar refractivity (Wildman–Crippen MR) is 53.4 cm³/mol. The Morgan fingerprint density at radius 1 is 1.60 bits per heavy atom. The van der Waals surface area contributed by atoms with Crippen LogP contribution in [0.3, 0.4) is 0 Å². The van der Waals surface area contributed by atoms with Crippen LogP contribution < -0.4 is 0 Å². The minimum atomic E-state index is -0.366. The summed E-state index contributed by atoms with van der Waals surface area (Å²) in [6, 6.07) is 5.17. The fourth-order valence-corrected chi connectivity index (χ4v) is 1.33. The van der Waals surface area contributed by atoms with Crippen LogP contribution in [0.4, 0.5) is 0 Å². The molecule has 80 valence electrons.